The van der Waals surface area contributed by atoms with Gasteiger partial charge in [-0.2, -0.15) is 5.10 Å². The highest BCUT2D eigenvalue weighted by Gasteiger charge is 2.02. The van der Waals surface area contributed by atoms with Gasteiger partial charge in [-0.1, -0.05) is 24.8 Å². The molecule has 0 saturated heterocycles. The third-order valence-electron chi connectivity index (χ3n) is 2.18. The second-order valence-electron chi connectivity index (χ2n) is 3.74. The van der Waals surface area contributed by atoms with Gasteiger partial charge in [0.1, 0.15) is 10.8 Å². The van der Waals surface area contributed by atoms with E-state index in [4.69, 9.17) is 0 Å². The summed E-state index contributed by atoms with van der Waals surface area (Å²) < 4.78 is 1.79. The molecule has 4 nitrogen and oxygen atoms in total. The highest BCUT2D eigenvalue weighted by Crippen LogP contribution is 2.25. The van der Waals surface area contributed by atoms with E-state index >= 15 is 0 Å². The highest BCUT2D eigenvalue weighted by molar-refractivity contribution is 7.99. The third kappa shape index (κ3) is 3.49. The van der Waals surface area contributed by atoms with E-state index in [9.17, 15) is 0 Å². The number of hydrogen-bond acceptors (Lipinski definition) is 4. The van der Waals surface area contributed by atoms with Gasteiger partial charge >= 0.3 is 0 Å². The maximum absolute atomic E-state index is 4.53. The molecular formula is C12H16N4S. The first-order valence-electron chi connectivity index (χ1n) is 5.65. The van der Waals surface area contributed by atoms with Crippen LogP contribution in [0, 0.1) is 0 Å². The first-order valence-corrected chi connectivity index (χ1v) is 6.47. The molecular weight excluding hydrogens is 232 g/mol. The van der Waals surface area contributed by atoms with Gasteiger partial charge in [0.05, 0.1) is 11.1 Å². The van der Waals surface area contributed by atoms with E-state index in [2.05, 4.69) is 22.3 Å². The summed E-state index contributed by atoms with van der Waals surface area (Å²) in [5.41, 5.74) is 0. The molecule has 2 aromatic heterocycles. The molecule has 0 saturated carbocycles. The van der Waals surface area contributed by atoms with Crippen LogP contribution < -0.4 is 5.32 Å². The van der Waals surface area contributed by atoms with Gasteiger partial charge in [-0.25, -0.2) is 4.98 Å². The fraction of sp³-hybridized carbons (Fsp3) is 0.333. The number of anilines is 1. The van der Waals surface area contributed by atoms with E-state index in [1.165, 1.54) is 0 Å². The lowest BCUT2D eigenvalue weighted by Crippen LogP contribution is -2.01. The van der Waals surface area contributed by atoms with E-state index in [0.717, 1.165) is 28.7 Å². The van der Waals surface area contributed by atoms with E-state index in [0.29, 0.717) is 0 Å². The van der Waals surface area contributed by atoms with Crippen LogP contribution in [0.4, 0.5) is 5.82 Å². The van der Waals surface area contributed by atoms with Gasteiger partial charge in [-0.3, -0.25) is 4.68 Å². The monoisotopic (exact) mass is 248 g/mol. The van der Waals surface area contributed by atoms with Crippen LogP contribution in [0.15, 0.2) is 40.5 Å². The zero-order valence-corrected chi connectivity index (χ0v) is 10.9. The predicted octanol–water partition coefficient (Wildman–Crippen LogP) is 2.79. The quantitative estimate of drug-likeness (QED) is 0.883. The zero-order valence-electron chi connectivity index (χ0n) is 10.1. The molecule has 0 spiro atoms. The van der Waals surface area contributed by atoms with Gasteiger partial charge in [0.15, 0.2) is 0 Å². The molecule has 2 rings (SSSR count). The maximum atomic E-state index is 4.53. The zero-order chi connectivity index (χ0) is 12.1. The largest absolute Gasteiger partial charge is 0.370 e. The Kier molecular flexibility index (Phi) is 4.03. The molecule has 0 atom stereocenters. The lowest BCUT2D eigenvalue weighted by atomic mass is 10.4. The van der Waals surface area contributed by atoms with Gasteiger partial charge in [-0.15, -0.1) is 0 Å². The van der Waals surface area contributed by atoms with Crippen molar-refractivity contribution in [3.05, 3.63) is 30.6 Å². The summed E-state index contributed by atoms with van der Waals surface area (Å²) in [4.78, 5) is 5.63. The highest BCUT2D eigenvalue weighted by atomic mass is 32.2. The average molecular weight is 248 g/mol. The Morgan fingerprint density at radius 2 is 2.29 bits per heavy atom. The normalized spacial score (nSPS) is 10.5. The molecule has 90 valence electrons. The Morgan fingerprint density at radius 3 is 3.00 bits per heavy atom. The fourth-order valence-corrected chi connectivity index (χ4v) is 2.23. The predicted molar refractivity (Wildman–Crippen MR) is 70.3 cm³/mol. The summed E-state index contributed by atoms with van der Waals surface area (Å²) in [6.07, 6.45) is 4.93. The SMILES string of the molecule is CCCNc1cccc(Sc2cnn(C)c2)n1. The Balaban J connectivity index is 2.05. The number of hydrogen-bond donors (Lipinski definition) is 1. The van der Waals surface area contributed by atoms with Crippen molar-refractivity contribution in [3.63, 3.8) is 0 Å². The van der Waals surface area contributed by atoms with Crippen molar-refractivity contribution in [2.75, 3.05) is 11.9 Å². The molecule has 0 bridgehead atoms. The van der Waals surface area contributed by atoms with Crippen LogP contribution in [-0.2, 0) is 7.05 Å². The van der Waals surface area contributed by atoms with Crippen molar-refractivity contribution in [3.8, 4) is 0 Å². The standard InChI is InChI=1S/C12H16N4S/c1-3-7-13-11-5-4-6-12(15-11)17-10-8-14-16(2)9-10/h4-6,8-9H,3,7H2,1-2H3,(H,13,15). The first kappa shape index (κ1) is 12.0. The van der Waals surface area contributed by atoms with Crippen molar-refractivity contribution in [2.45, 2.75) is 23.3 Å². The molecule has 17 heavy (non-hydrogen) atoms. The summed E-state index contributed by atoms with van der Waals surface area (Å²) in [5, 5.41) is 8.40. The topological polar surface area (TPSA) is 42.7 Å². The van der Waals surface area contributed by atoms with Gasteiger partial charge in [0, 0.05) is 19.8 Å². The van der Waals surface area contributed by atoms with Crippen molar-refractivity contribution in [1.82, 2.24) is 14.8 Å². The number of rotatable bonds is 5. The molecule has 2 aromatic rings. The molecule has 0 aliphatic rings. The van der Waals surface area contributed by atoms with Crippen molar-refractivity contribution >= 4 is 17.6 Å². The molecule has 0 aromatic carbocycles. The lowest BCUT2D eigenvalue weighted by Gasteiger charge is -2.04. The van der Waals surface area contributed by atoms with Crippen molar-refractivity contribution < 1.29 is 0 Å². The van der Waals surface area contributed by atoms with E-state index in [1.54, 1.807) is 16.4 Å². The van der Waals surface area contributed by atoms with Crippen LogP contribution in [0.5, 0.6) is 0 Å². The molecule has 0 fully saturated rings. The van der Waals surface area contributed by atoms with Crippen molar-refractivity contribution in [1.29, 1.82) is 0 Å². The Morgan fingerprint density at radius 1 is 1.41 bits per heavy atom. The van der Waals surface area contributed by atoms with E-state index < -0.39 is 0 Å². The molecule has 0 radical (unpaired) electrons. The van der Waals surface area contributed by atoms with Gasteiger partial charge in [0.25, 0.3) is 0 Å². The minimum Gasteiger partial charge on any atom is -0.370 e. The molecule has 0 unspecified atom stereocenters. The molecule has 0 amide bonds. The van der Waals surface area contributed by atoms with Gasteiger partial charge < -0.3 is 5.32 Å². The van der Waals surface area contributed by atoms with Crippen LogP contribution >= 0.6 is 11.8 Å². The second-order valence-corrected chi connectivity index (χ2v) is 4.83. The summed E-state index contributed by atoms with van der Waals surface area (Å²) in [6.45, 7) is 3.09. The Labute approximate surface area is 105 Å². The number of nitrogens with one attached hydrogen (secondary N) is 1. The lowest BCUT2D eigenvalue weighted by molar-refractivity contribution is 0.766. The summed E-state index contributed by atoms with van der Waals surface area (Å²) in [7, 11) is 1.91. The number of nitrogens with zero attached hydrogens (tertiary/aromatic N) is 3. The maximum Gasteiger partial charge on any atom is 0.127 e. The summed E-state index contributed by atoms with van der Waals surface area (Å²) in [5.74, 6) is 0.931. The number of aryl methyl sites for hydroxylation is 1. The average Bonchev–Trinajstić information content (AvgIpc) is 2.73. The molecule has 1 N–H and O–H groups in total. The van der Waals surface area contributed by atoms with Crippen LogP contribution in [-0.4, -0.2) is 21.3 Å². The van der Waals surface area contributed by atoms with E-state index in [-0.39, 0.29) is 0 Å². The smallest absolute Gasteiger partial charge is 0.127 e. The van der Waals surface area contributed by atoms with Gasteiger partial charge in [0.2, 0.25) is 0 Å². The molecule has 5 heteroatoms. The number of pyridine rings is 1. The van der Waals surface area contributed by atoms with Crippen molar-refractivity contribution in [2.24, 2.45) is 7.05 Å². The minimum absolute atomic E-state index is 0.931. The van der Waals surface area contributed by atoms with Crippen LogP contribution in [0.1, 0.15) is 13.3 Å². The van der Waals surface area contributed by atoms with Crippen LogP contribution in [0.2, 0.25) is 0 Å². The fourth-order valence-electron chi connectivity index (χ4n) is 1.40. The van der Waals surface area contributed by atoms with Crippen LogP contribution in [0.3, 0.4) is 0 Å². The van der Waals surface area contributed by atoms with Gasteiger partial charge in [-0.05, 0) is 18.6 Å². The third-order valence-corrected chi connectivity index (χ3v) is 3.07. The molecule has 0 aliphatic heterocycles. The summed E-state index contributed by atoms with van der Waals surface area (Å²) in [6, 6.07) is 6.02. The van der Waals surface area contributed by atoms with E-state index in [1.807, 2.05) is 37.6 Å². The molecule has 0 aliphatic carbocycles. The Hall–Kier alpha value is -1.49. The summed E-state index contributed by atoms with van der Waals surface area (Å²) >= 11 is 1.62. The second kappa shape index (κ2) is 5.72. The Bertz CT molecular complexity index is 481. The number of aromatic nitrogens is 3. The minimum atomic E-state index is 0.931. The first-order chi connectivity index (χ1) is 8.28. The van der Waals surface area contributed by atoms with Crippen LogP contribution in [0.25, 0.3) is 0 Å². The molecule has 2 heterocycles.